The number of ketones is 1. The highest BCUT2D eigenvalue weighted by Gasteiger charge is 2.11. The second kappa shape index (κ2) is 8.97. The Hall–Kier alpha value is -3.74. The van der Waals surface area contributed by atoms with Crippen LogP contribution < -0.4 is 15.4 Å². The Bertz CT molecular complexity index is 999. The van der Waals surface area contributed by atoms with E-state index in [2.05, 4.69) is 20.6 Å². The second-order valence-corrected chi connectivity index (χ2v) is 6.66. The minimum atomic E-state index is -0.386. The molecule has 0 aliphatic carbocycles. The van der Waals surface area contributed by atoms with Gasteiger partial charge in [0.2, 0.25) is 0 Å². The number of anilines is 3. The highest BCUT2D eigenvalue weighted by molar-refractivity contribution is 6.03. The van der Waals surface area contributed by atoms with Crippen LogP contribution in [0.25, 0.3) is 0 Å². The zero-order valence-corrected chi connectivity index (χ0v) is 16.5. The van der Waals surface area contributed by atoms with Crippen molar-refractivity contribution in [2.45, 2.75) is 26.9 Å². The largest absolute Gasteiger partial charge is 0.489 e. The first-order valence-corrected chi connectivity index (χ1v) is 9.19. The van der Waals surface area contributed by atoms with Crippen molar-refractivity contribution in [3.63, 3.8) is 0 Å². The van der Waals surface area contributed by atoms with Crippen molar-refractivity contribution >= 4 is 28.9 Å². The van der Waals surface area contributed by atoms with Crippen molar-refractivity contribution in [2.24, 2.45) is 0 Å². The van der Waals surface area contributed by atoms with Crippen molar-refractivity contribution in [3.8, 4) is 5.75 Å². The molecule has 0 saturated heterocycles. The van der Waals surface area contributed by atoms with Crippen LogP contribution in [0.4, 0.5) is 17.2 Å². The van der Waals surface area contributed by atoms with E-state index in [1.807, 2.05) is 38.1 Å². The molecule has 7 nitrogen and oxygen atoms in total. The molecule has 0 saturated carbocycles. The number of amides is 1. The van der Waals surface area contributed by atoms with Gasteiger partial charge in [0, 0.05) is 11.3 Å². The fraction of sp³-hybridized carbons (Fsp3) is 0.182. The van der Waals surface area contributed by atoms with Gasteiger partial charge in [-0.3, -0.25) is 9.59 Å². The number of nitrogens with zero attached hydrogens (tertiary/aromatic N) is 2. The Labute approximate surface area is 169 Å². The Balaban J connectivity index is 1.67. The molecule has 148 valence electrons. The summed E-state index contributed by atoms with van der Waals surface area (Å²) < 4.78 is 5.77. The third kappa shape index (κ3) is 5.38. The quantitative estimate of drug-likeness (QED) is 0.579. The molecule has 0 radical (unpaired) electrons. The van der Waals surface area contributed by atoms with Crippen LogP contribution in [0.3, 0.4) is 0 Å². The average molecular weight is 390 g/mol. The molecule has 29 heavy (non-hydrogen) atoms. The molecular formula is C22H22N4O3. The van der Waals surface area contributed by atoms with Gasteiger partial charge in [-0.2, -0.15) is 0 Å². The maximum absolute atomic E-state index is 12.4. The lowest BCUT2D eigenvalue weighted by atomic mass is 10.1. The second-order valence-electron chi connectivity index (χ2n) is 6.66. The summed E-state index contributed by atoms with van der Waals surface area (Å²) >= 11 is 0. The molecule has 0 atom stereocenters. The molecule has 0 unspecified atom stereocenters. The summed E-state index contributed by atoms with van der Waals surface area (Å²) in [6.45, 7) is 5.40. The van der Waals surface area contributed by atoms with Crippen molar-refractivity contribution in [1.82, 2.24) is 9.97 Å². The Morgan fingerprint density at radius 2 is 1.69 bits per heavy atom. The van der Waals surface area contributed by atoms with Gasteiger partial charge in [0.25, 0.3) is 5.91 Å². The zero-order valence-electron chi connectivity index (χ0n) is 16.5. The van der Waals surface area contributed by atoms with E-state index in [1.54, 1.807) is 24.3 Å². The molecule has 0 fully saturated rings. The SMILES string of the molecule is CC(=O)c1ccc(NC(=O)c2cnc(Nc3ccccc3OC(C)C)cn2)cc1. The molecule has 3 aromatic rings. The summed E-state index contributed by atoms with van der Waals surface area (Å²) in [5.41, 5.74) is 2.10. The fourth-order valence-corrected chi connectivity index (χ4v) is 2.56. The topological polar surface area (TPSA) is 93.2 Å². The number of benzene rings is 2. The van der Waals surface area contributed by atoms with Gasteiger partial charge in [0.05, 0.1) is 24.2 Å². The number of nitrogens with one attached hydrogen (secondary N) is 2. The van der Waals surface area contributed by atoms with Gasteiger partial charge in [0.15, 0.2) is 5.78 Å². The first kappa shape index (κ1) is 20.0. The van der Waals surface area contributed by atoms with Gasteiger partial charge in [-0.15, -0.1) is 0 Å². The summed E-state index contributed by atoms with van der Waals surface area (Å²) in [7, 11) is 0. The van der Waals surface area contributed by atoms with Crippen LogP contribution in [-0.2, 0) is 0 Å². The summed E-state index contributed by atoms with van der Waals surface area (Å²) in [6, 6.07) is 14.2. The van der Waals surface area contributed by atoms with Crippen LogP contribution in [0, 0.1) is 0 Å². The van der Waals surface area contributed by atoms with Crippen molar-refractivity contribution in [2.75, 3.05) is 10.6 Å². The normalized spacial score (nSPS) is 10.5. The molecule has 1 aromatic heterocycles. The van der Waals surface area contributed by atoms with Crippen molar-refractivity contribution < 1.29 is 14.3 Å². The lowest BCUT2D eigenvalue weighted by Gasteiger charge is -2.15. The first-order valence-electron chi connectivity index (χ1n) is 9.19. The van der Waals surface area contributed by atoms with Gasteiger partial charge in [-0.1, -0.05) is 12.1 Å². The zero-order chi connectivity index (χ0) is 20.8. The van der Waals surface area contributed by atoms with E-state index >= 15 is 0 Å². The maximum Gasteiger partial charge on any atom is 0.275 e. The lowest BCUT2D eigenvalue weighted by Crippen LogP contribution is -2.14. The summed E-state index contributed by atoms with van der Waals surface area (Å²) in [4.78, 5) is 32.1. The third-order valence-electron chi connectivity index (χ3n) is 3.95. The number of para-hydroxylation sites is 2. The third-order valence-corrected chi connectivity index (χ3v) is 3.95. The highest BCUT2D eigenvalue weighted by atomic mass is 16.5. The Morgan fingerprint density at radius 1 is 0.966 bits per heavy atom. The fourth-order valence-electron chi connectivity index (χ4n) is 2.56. The molecule has 1 heterocycles. The number of carbonyl (C=O) groups is 2. The standard InChI is InChI=1S/C22H22N4O3/c1-14(2)29-20-7-5-4-6-18(20)26-21-13-23-19(12-24-21)22(28)25-17-10-8-16(9-11-17)15(3)27/h4-14H,1-3H3,(H,24,26)(H,25,28). The van der Waals surface area contributed by atoms with Gasteiger partial charge >= 0.3 is 0 Å². The van der Waals surface area contributed by atoms with Crippen LogP contribution in [0.1, 0.15) is 41.6 Å². The number of hydrogen-bond donors (Lipinski definition) is 2. The predicted octanol–water partition coefficient (Wildman–Crippen LogP) is 4.46. The highest BCUT2D eigenvalue weighted by Crippen LogP contribution is 2.27. The van der Waals surface area contributed by atoms with E-state index in [0.29, 0.717) is 22.8 Å². The minimum Gasteiger partial charge on any atom is -0.489 e. The molecule has 0 spiro atoms. The Kier molecular flexibility index (Phi) is 6.19. The smallest absolute Gasteiger partial charge is 0.275 e. The minimum absolute atomic E-state index is 0.0304. The predicted molar refractivity (Wildman–Crippen MR) is 112 cm³/mol. The van der Waals surface area contributed by atoms with Gasteiger partial charge < -0.3 is 15.4 Å². The monoisotopic (exact) mass is 390 g/mol. The Morgan fingerprint density at radius 3 is 2.31 bits per heavy atom. The summed E-state index contributed by atoms with van der Waals surface area (Å²) in [5.74, 6) is 0.785. The van der Waals surface area contributed by atoms with E-state index in [4.69, 9.17) is 4.74 Å². The molecule has 2 aromatic carbocycles. The van der Waals surface area contributed by atoms with Crippen LogP contribution in [0.15, 0.2) is 60.9 Å². The van der Waals surface area contributed by atoms with E-state index in [1.165, 1.54) is 19.3 Å². The van der Waals surface area contributed by atoms with Crippen LogP contribution >= 0.6 is 0 Å². The number of carbonyl (C=O) groups excluding carboxylic acids is 2. The number of aromatic nitrogens is 2. The molecule has 3 rings (SSSR count). The van der Waals surface area contributed by atoms with E-state index in [0.717, 1.165) is 5.69 Å². The van der Waals surface area contributed by atoms with E-state index in [9.17, 15) is 9.59 Å². The molecule has 2 N–H and O–H groups in total. The van der Waals surface area contributed by atoms with Gasteiger partial charge in [0.1, 0.15) is 17.3 Å². The van der Waals surface area contributed by atoms with E-state index in [-0.39, 0.29) is 23.5 Å². The van der Waals surface area contributed by atoms with E-state index < -0.39 is 0 Å². The van der Waals surface area contributed by atoms with Crippen LogP contribution in [-0.4, -0.2) is 27.8 Å². The molecule has 0 aliphatic rings. The van der Waals surface area contributed by atoms with Gasteiger partial charge in [-0.05, 0) is 57.2 Å². The molecular weight excluding hydrogens is 368 g/mol. The summed E-state index contributed by atoms with van der Waals surface area (Å²) in [6.07, 6.45) is 2.92. The van der Waals surface area contributed by atoms with Crippen molar-refractivity contribution in [1.29, 1.82) is 0 Å². The first-order chi connectivity index (χ1) is 13.9. The van der Waals surface area contributed by atoms with Crippen LogP contribution in [0.5, 0.6) is 5.75 Å². The number of Topliss-reactive ketones (excluding diaryl/α,β-unsaturated/α-hetero) is 1. The average Bonchev–Trinajstić information content (AvgIpc) is 2.70. The molecule has 0 aliphatic heterocycles. The number of hydrogen-bond acceptors (Lipinski definition) is 6. The maximum atomic E-state index is 12.4. The lowest BCUT2D eigenvalue weighted by molar-refractivity contribution is 0.101. The number of rotatable bonds is 7. The van der Waals surface area contributed by atoms with Crippen molar-refractivity contribution in [3.05, 3.63) is 72.2 Å². The molecule has 0 bridgehead atoms. The molecule has 1 amide bonds. The number of ether oxygens (including phenoxy) is 1. The molecule has 7 heteroatoms. The van der Waals surface area contributed by atoms with Crippen LogP contribution in [0.2, 0.25) is 0 Å². The summed E-state index contributed by atoms with van der Waals surface area (Å²) in [5, 5.41) is 5.88. The van der Waals surface area contributed by atoms with Gasteiger partial charge in [-0.25, -0.2) is 9.97 Å².